The van der Waals surface area contributed by atoms with Gasteiger partial charge < -0.3 is 13.8 Å². The van der Waals surface area contributed by atoms with E-state index in [1.807, 2.05) is 6.07 Å². The highest BCUT2D eigenvalue weighted by atomic mass is 31.2. The van der Waals surface area contributed by atoms with Gasteiger partial charge in [-0.1, -0.05) is 18.2 Å². The first-order valence-electron chi connectivity index (χ1n) is 5.70. The summed E-state index contributed by atoms with van der Waals surface area (Å²) in [5.74, 6) is 0.349. The van der Waals surface area contributed by atoms with Crippen molar-refractivity contribution in [2.75, 3.05) is 13.2 Å². The van der Waals surface area contributed by atoms with Crippen LogP contribution in [0.5, 0.6) is 5.75 Å². The summed E-state index contributed by atoms with van der Waals surface area (Å²) in [5.41, 5.74) is -0.217. The van der Waals surface area contributed by atoms with E-state index in [0.717, 1.165) is 5.56 Å². The number of carbonyl (C=O) groups is 1. The normalized spacial score (nSPS) is 11.3. The minimum atomic E-state index is -3.86. The molecule has 0 aromatic heterocycles. The van der Waals surface area contributed by atoms with Crippen LogP contribution >= 0.6 is 7.60 Å². The van der Waals surface area contributed by atoms with E-state index >= 15 is 0 Å². The predicted molar refractivity (Wildman–Crippen MR) is 68.1 cm³/mol. The van der Waals surface area contributed by atoms with E-state index in [4.69, 9.17) is 13.8 Å². The molecule has 0 unspecified atom stereocenters. The maximum atomic E-state index is 12.1. The second kappa shape index (κ2) is 6.69. The number of ether oxygens (including phenoxy) is 1. The van der Waals surface area contributed by atoms with Crippen LogP contribution in [0.1, 0.15) is 19.4 Å². The van der Waals surface area contributed by atoms with Crippen molar-refractivity contribution in [3.05, 3.63) is 29.8 Å². The molecule has 0 saturated heterocycles. The molecule has 0 fully saturated rings. The minimum Gasteiger partial charge on any atom is -0.417 e. The molecule has 5 nitrogen and oxygen atoms in total. The lowest BCUT2D eigenvalue weighted by Crippen LogP contribution is -2.12. The number of aryl methyl sites for hydroxylation is 1. The van der Waals surface area contributed by atoms with Gasteiger partial charge in [-0.25, -0.2) is 9.36 Å². The Morgan fingerprint density at radius 1 is 1.17 bits per heavy atom. The molecule has 0 spiro atoms. The Labute approximate surface area is 107 Å². The average molecular weight is 272 g/mol. The SMILES string of the molecule is CCOP(=O)(OCC)C(=O)Oc1ccccc1C. The molecule has 0 bridgehead atoms. The van der Waals surface area contributed by atoms with Crippen LogP contribution in [-0.4, -0.2) is 18.9 Å². The van der Waals surface area contributed by atoms with Gasteiger partial charge in [-0.2, -0.15) is 0 Å². The highest BCUT2D eigenvalue weighted by Crippen LogP contribution is 2.50. The van der Waals surface area contributed by atoms with Gasteiger partial charge in [0.2, 0.25) is 0 Å². The molecule has 0 N–H and O–H groups in total. The Hall–Kier alpha value is -1.16. The van der Waals surface area contributed by atoms with Crippen molar-refractivity contribution in [3.8, 4) is 5.75 Å². The third-order valence-electron chi connectivity index (χ3n) is 2.11. The van der Waals surface area contributed by atoms with Gasteiger partial charge in [0.25, 0.3) is 0 Å². The minimum absolute atomic E-state index is 0.111. The predicted octanol–water partition coefficient (Wildman–Crippen LogP) is 3.76. The number of rotatable bonds is 6. The monoisotopic (exact) mass is 272 g/mol. The molecule has 18 heavy (non-hydrogen) atoms. The van der Waals surface area contributed by atoms with Gasteiger partial charge in [0.15, 0.2) is 0 Å². The summed E-state index contributed by atoms with van der Waals surface area (Å²) >= 11 is 0. The third-order valence-corrected chi connectivity index (χ3v) is 3.85. The fourth-order valence-electron chi connectivity index (χ4n) is 1.30. The average Bonchev–Trinajstić information content (AvgIpc) is 2.32. The van der Waals surface area contributed by atoms with E-state index in [1.54, 1.807) is 39.0 Å². The van der Waals surface area contributed by atoms with Crippen LogP contribution in [-0.2, 0) is 13.6 Å². The van der Waals surface area contributed by atoms with Gasteiger partial charge in [-0.15, -0.1) is 0 Å². The highest BCUT2D eigenvalue weighted by molar-refractivity contribution is 7.71. The topological polar surface area (TPSA) is 61.8 Å². The van der Waals surface area contributed by atoms with Crippen LogP contribution in [0.3, 0.4) is 0 Å². The molecular formula is C12H17O5P. The first kappa shape index (κ1) is 14.9. The Morgan fingerprint density at radius 2 is 1.72 bits per heavy atom. The third kappa shape index (κ3) is 3.67. The quantitative estimate of drug-likeness (QED) is 0.738. The lowest BCUT2D eigenvalue weighted by molar-refractivity contribution is 0.185. The van der Waals surface area contributed by atoms with Crippen LogP contribution in [0.15, 0.2) is 24.3 Å². The summed E-state index contributed by atoms with van der Waals surface area (Å²) in [6.07, 6.45) is 0. The number of para-hydroxylation sites is 1. The van der Waals surface area contributed by atoms with Crippen LogP contribution in [0.25, 0.3) is 0 Å². The zero-order valence-corrected chi connectivity index (χ0v) is 11.6. The molecule has 1 aromatic rings. The molecule has 0 atom stereocenters. The highest BCUT2D eigenvalue weighted by Gasteiger charge is 2.37. The van der Waals surface area contributed by atoms with Gasteiger partial charge in [0, 0.05) is 0 Å². The molecule has 0 heterocycles. The maximum absolute atomic E-state index is 12.1. The molecule has 0 amide bonds. The lowest BCUT2D eigenvalue weighted by atomic mass is 10.2. The Bertz CT molecular complexity index is 448. The molecule has 0 saturated carbocycles. The summed E-state index contributed by atoms with van der Waals surface area (Å²) in [6.45, 7) is 5.27. The van der Waals surface area contributed by atoms with E-state index in [2.05, 4.69) is 0 Å². The van der Waals surface area contributed by atoms with Gasteiger partial charge >= 0.3 is 13.3 Å². The summed E-state index contributed by atoms with van der Waals surface area (Å²) < 4.78 is 27.0. The number of hydrogen-bond donors (Lipinski definition) is 0. The number of carbonyl (C=O) groups excluding carboxylic acids is 1. The smallest absolute Gasteiger partial charge is 0.417 e. The molecule has 0 aliphatic heterocycles. The van der Waals surface area contributed by atoms with E-state index in [0.29, 0.717) is 5.75 Å². The van der Waals surface area contributed by atoms with Crippen molar-refractivity contribution in [2.24, 2.45) is 0 Å². The number of hydrogen-bond acceptors (Lipinski definition) is 5. The summed E-state index contributed by atoms with van der Waals surface area (Å²) in [7, 11) is -3.86. The molecule has 1 aromatic carbocycles. The molecule has 100 valence electrons. The van der Waals surface area contributed by atoms with Gasteiger partial charge in [-0.3, -0.25) is 0 Å². The van der Waals surface area contributed by atoms with Crippen molar-refractivity contribution < 1.29 is 23.1 Å². The summed E-state index contributed by atoms with van der Waals surface area (Å²) in [5, 5.41) is 0. The second-order valence-electron chi connectivity index (χ2n) is 3.47. The van der Waals surface area contributed by atoms with Crippen molar-refractivity contribution in [1.82, 2.24) is 0 Å². The zero-order valence-electron chi connectivity index (χ0n) is 10.7. The van der Waals surface area contributed by atoms with Crippen LogP contribution < -0.4 is 4.74 Å². The molecule has 1 rings (SSSR count). The molecule has 0 radical (unpaired) electrons. The summed E-state index contributed by atoms with van der Waals surface area (Å²) in [6, 6.07) is 6.95. The van der Waals surface area contributed by atoms with Crippen molar-refractivity contribution in [1.29, 1.82) is 0 Å². The molecule has 0 aliphatic carbocycles. The van der Waals surface area contributed by atoms with Gasteiger partial charge in [0.05, 0.1) is 13.2 Å². The van der Waals surface area contributed by atoms with Crippen molar-refractivity contribution >= 4 is 13.3 Å². The Kier molecular flexibility index (Phi) is 5.54. The van der Waals surface area contributed by atoms with E-state index < -0.39 is 13.3 Å². The van der Waals surface area contributed by atoms with E-state index in [9.17, 15) is 9.36 Å². The standard InChI is InChI=1S/C12H17O5P/c1-4-15-18(14,16-5-2)12(13)17-11-9-7-6-8-10(11)3/h6-9H,4-5H2,1-3H3. The Balaban J connectivity index is 2.86. The largest absolute Gasteiger partial charge is 0.438 e. The molecule has 6 heteroatoms. The van der Waals surface area contributed by atoms with Gasteiger partial charge in [-0.05, 0) is 32.4 Å². The number of benzene rings is 1. The van der Waals surface area contributed by atoms with E-state index in [1.165, 1.54) is 0 Å². The fraction of sp³-hybridized carbons (Fsp3) is 0.417. The fourth-order valence-corrected chi connectivity index (χ4v) is 2.48. The maximum Gasteiger partial charge on any atom is 0.438 e. The second-order valence-corrected chi connectivity index (χ2v) is 5.34. The first-order chi connectivity index (χ1) is 8.53. The molecule has 0 aliphatic rings. The van der Waals surface area contributed by atoms with Crippen LogP contribution in [0, 0.1) is 6.92 Å². The van der Waals surface area contributed by atoms with Crippen molar-refractivity contribution in [3.63, 3.8) is 0 Å². The van der Waals surface area contributed by atoms with E-state index in [-0.39, 0.29) is 13.2 Å². The zero-order chi connectivity index (χ0) is 13.6. The van der Waals surface area contributed by atoms with Gasteiger partial charge in [0.1, 0.15) is 5.75 Å². The molecular weight excluding hydrogens is 255 g/mol. The summed E-state index contributed by atoms with van der Waals surface area (Å²) in [4.78, 5) is 11.8. The first-order valence-corrected chi connectivity index (χ1v) is 7.25. The lowest BCUT2D eigenvalue weighted by Gasteiger charge is -2.15. The van der Waals surface area contributed by atoms with Crippen molar-refractivity contribution in [2.45, 2.75) is 20.8 Å². The Morgan fingerprint density at radius 3 is 2.22 bits per heavy atom. The van der Waals surface area contributed by atoms with Crippen LogP contribution in [0.4, 0.5) is 4.79 Å². The van der Waals surface area contributed by atoms with Crippen LogP contribution in [0.2, 0.25) is 0 Å².